The van der Waals surface area contributed by atoms with Crippen LogP contribution in [0.25, 0.3) is 5.57 Å². The second-order valence-electron chi connectivity index (χ2n) is 2.83. The summed E-state index contributed by atoms with van der Waals surface area (Å²) in [5, 5.41) is 36.6. The molecule has 17 heavy (non-hydrogen) atoms. The van der Waals surface area contributed by atoms with Crippen molar-refractivity contribution in [2.24, 2.45) is 0 Å². The first-order valence-electron chi connectivity index (χ1n) is 4.14. The monoisotopic (exact) mass is 232 g/mol. The van der Waals surface area contributed by atoms with E-state index in [1.54, 1.807) is 11.9 Å². The number of nitriles is 1. The lowest BCUT2D eigenvalue weighted by molar-refractivity contribution is -0.394. The molecule has 0 saturated carbocycles. The number of nitrogens with zero attached hydrogens (tertiary/aromatic N) is 3. The first-order valence-corrected chi connectivity index (χ1v) is 4.14. The molecule has 0 saturated heterocycles. The Labute approximate surface area is 94.2 Å². The molecule has 8 heteroatoms. The minimum absolute atomic E-state index is 0.168. The largest absolute Gasteiger partial charge is 0.285 e. The fourth-order valence-electron chi connectivity index (χ4n) is 1.15. The Morgan fingerprint density at radius 2 is 1.94 bits per heavy atom. The molecule has 1 aromatic rings. The van der Waals surface area contributed by atoms with Crippen molar-refractivity contribution in [1.82, 2.24) is 0 Å². The van der Waals surface area contributed by atoms with E-state index in [4.69, 9.17) is 10.7 Å². The molecule has 0 fully saturated rings. The Morgan fingerprint density at radius 3 is 2.35 bits per heavy atom. The third kappa shape index (κ3) is 2.31. The molecule has 0 radical (unpaired) electrons. The number of allylic oxidation sites excluding steroid dienone is 1. The van der Waals surface area contributed by atoms with Crippen LogP contribution in [0.1, 0.15) is 5.56 Å². The Morgan fingerprint density at radius 1 is 1.29 bits per heavy atom. The molecule has 0 aliphatic carbocycles. The van der Waals surface area contributed by atoms with E-state index >= 15 is 0 Å². The van der Waals surface area contributed by atoms with Gasteiger partial charge in [-0.1, -0.05) is 0 Å². The molecule has 0 heterocycles. The van der Waals surface area contributed by atoms with E-state index in [9.17, 15) is 20.2 Å². The maximum atomic E-state index is 10.7. The smallest absolute Gasteiger partial charge is 0.258 e. The van der Waals surface area contributed by atoms with Crippen LogP contribution in [0, 0.1) is 37.0 Å². The lowest BCUT2D eigenvalue weighted by Gasteiger charge is -1.98. The van der Waals surface area contributed by atoms with Gasteiger partial charge in [0.25, 0.3) is 11.4 Å². The van der Waals surface area contributed by atoms with Crippen molar-refractivity contribution in [3.8, 4) is 6.07 Å². The van der Waals surface area contributed by atoms with Gasteiger partial charge in [0.1, 0.15) is 11.6 Å². The highest BCUT2D eigenvalue weighted by Crippen LogP contribution is 2.28. The summed E-state index contributed by atoms with van der Waals surface area (Å²) in [6, 6.07) is 4.37. The maximum Gasteiger partial charge on any atom is 0.285 e. The molecule has 8 nitrogen and oxygen atoms in total. The summed E-state index contributed by atoms with van der Waals surface area (Å²) in [5.41, 5.74) is -1.58. The number of hydrogen-bond donors (Lipinski definition) is 1. The van der Waals surface area contributed by atoms with E-state index in [1.807, 2.05) is 0 Å². The summed E-state index contributed by atoms with van der Waals surface area (Å²) in [7, 11) is 0. The van der Waals surface area contributed by atoms with Crippen LogP contribution in [0.15, 0.2) is 18.2 Å². The second-order valence-corrected chi connectivity index (χ2v) is 2.83. The molecule has 0 atom stereocenters. The minimum atomic E-state index is -0.850. The Kier molecular flexibility index (Phi) is 3.29. The van der Waals surface area contributed by atoms with E-state index in [0.29, 0.717) is 0 Å². The zero-order chi connectivity index (χ0) is 13.0. The molecule has 1 aromatic carbocycles. The molecule has 1 rings (SSSR count). The summed E-state index contributed by atoms with van der Waals surface area (Å²) >= 11 is 0. The van der Waals surface area contributed by atoms with Crippen LogP contribution in [-0.4, -0.2) is 15.7 Å². The number of benzene rings is 1. The Bertz CT molecular complexity index is 596. The number of hydrogen-bond acceptors (Lipinski definition) is 6. The van der Waals surface area contributed by atoms with Gasteiger partial charge in [-0.2, -0.15) is 5.26 Å². The number of nitro benzene ring substituents is 2. The molecule has 1 N–H and O–H groups in total. The normalized spacial score (nSPS) is 8.88. The van der Waals surface area contributed by atoms with Crippen LogP contribution in [0.5, 0.6) is 0 Å². The molecule has 0 unspecified atom stereocenters. The first-order chi connectivity index (χ1) is 8.01. The molecule has 0 aromatic heterocycles. The zero-order valence-corrected chi connectivity index (χ0v) is 8.21. The number of nitrogens with one attached hydrogen (secondary N) is 1. The van der Waals surface area contributed by atoms with Gasteiger partial charge < -0.3 is 0 Å². The van der Waals surface area contributed by atoms with E-state index in [-0.39, 0.29) is 11.1 Å². The zero-order valence-electron chi connectivity index (χ0n) is 8.21. The van der Waals surface area contributed by atoms with Crippen molar-refractivity contribution in [2.45, 2.75) is 0 Å². The summed E-state index contributed by atoms with van der Waals surface area (Å²) < 4.78 is 0. The molecule has 0 bridgehead atoms. The van der Waals surface area contributed by atoms with Gasteiger partial charge >= 0.3 is 0 Å². The molecule has 0 aliphatic heterocycles. The SMILES string of the molecule is N#CC(=C=N)c1ccc([N+](=O)[O-])cc1[N+](=O)[O-]. The van der Waals surface area contributed by atoms with Crippen molar-refractivity contribution in [3.05, 3.63) is 44.0 Å². The molecule has 0 amide bonds. The summed E-state index contributed by atoms with van der Waals surface area (Å²) in [6.45, 7) is 0. The van der Waals surface area contributed by atoms with Gasteiger partial charge in [0, 0.05) is 6.07 Å². The molecule has 0 spiro atoms. The topological polar surface area (TPSA) is 134 Å². The molecule has 0 aliphatic rings. The van der Waals surface area contributed by atoms with Crippen molar-refractivity contribution in [2.75, 3.05) is 0 Å². The molecular weight excluding hydrogens is 228 g/mol. The quantitative estimate of drug-likeness (QED) is 0.366. The number of rotatable bonds is 3. The van der Waals surface area contributed by atoms with Gasteiger partial charge in [-0.25, -0.2) is 0 Å². The summed E-state index contributed by atoms with van der Waals surface area (Å²) in [6.07, 6.45) is 0. The second kappa shape index (κ2) is 4.65. The van der Waals surface area contributed by atoms with Crippen molar-refractivity contribution in [1.29, 1.82) is 10.7 Å². The first kappa shape index (κ1) is 12.0. The standard InChI is InChI=1S/C9H4N4O4/c10-4-6(5-11)8-2-1-7(12(14)15)3-9(8)13(16)17/h1-3,10H. The van der Waals surface area contributed by atoms with Crippen LogP contribution in [-0.2, 0) is 0 Å². The van der Waals surface area contributed by atoms with E-state index in [2.05, 4.69) is 0 Å². The predicted molar refractivity (Wildman–Crippen MR) is 56.5 cm³/mol. The van der Waals surface area contributed by atoms with Crippen molar-refractivity contribution >= 4 is 22.8 Å². The maximum absolute atomic E-state index is 10.7. The van der Waals surface area contributed by atoms with Gasteiger partial charge in [-0.3, -0.25) is 25.6 Å². The van der Waals surface area contributed by atoms with Crippen LogP contribution in [0.4, 0.5) is 11.4 Å². The Hall–Kier alpha value is -3.04. The summed E-state index contributed by atoms with van der Waals surface area (Å²) in [4.78, 5) is 19.5. The van der Waals surface area contributed by atoms with Crippen molar-refractivity contribution < 1.29 is 9.85 Å². The third-order valence-electron chi connectivity index (χ3n) is 1.89. The fourth-order valence-corrected chi connectivity index (χ4v) is 1.15. The van der Waals surface area contributed by atoms with Crippen LogP contribution >= 0.6 is 0 Å². The van der Waals surface area contributed by atoms with Crippen LogP contribution in [0.3, 0.4) is 0 Å². The third-order valence-corrected chi connectivity index (χ3v) is 1.89. The van der Waals surface area contributed by atoms with Crippen LogP contribution in [0.2, 0.25) is 0 Å². The van der Waals surface area contributed by atoms with E-state index < -0.39 is 21.2 Å². The highest BCUT2D eigenvalue weighted by atomic mass is 16.6. The van der Waals surface area contributed by atoms with Gasteiger partial charge in [0.05, 0.1) is 21.5 Å². The predicted octanol–water partition coefficient (Wildman–Crippen LogP) is 1.66. The van der Waals surface area contributed by atoms with Gasteiger partial charge in [-0.15, -0.1) is 0 Å². The summed E-state index contributed by atoms with van der Waals surface area (Å²) in [5.74, 6) is 1.74. The van der Waals surface area contributed by atoms with E-state index in [0.717, 1.165) is 18.2 Å². The number of nitro groups is 2. The van der Waals surface area contributed by atoms with Gasteiger partial charge in [0.15, 0.2) is 0 Å². The van der Waals surface area contributed by atoms with Crippen LogP contribution < -0.4 is 0 Å². The number of non-ortho nitro benzene ring substituents is 1. The minimum Gasteiger partial charge on any atom is -0.258 e. The average molecular weight is 232 g/mol. The molecule has 84 valence electrons. The average Bonchev–Trinajstić information content (AvgIpc) is 2.30. The van der Waals surface area contributed by atoms with E-state index in [1.165, 1.54) is 0 Å². The Balaban J connectivity index is 3.54. The highest BCUT2D eigenvalue weighted by Gasteiger charge is 2.21. The lowest BCUT2D eigenvalue weighted by Crippen LogP contribution is -1.97. The lowest BCUT2D eigenvalue weighted by atomic mass is 10.1. The van der Waals surface area contributed by atoms with Gasteiger partial charge in [0.2, 0.25) is 0 Å². The fraction of sp³-hybridized carbons (Fsp3) is 0. The highest BCUT2D eigenvalue weighted by molar-refractivity contribution is 5.98. The molecular formula is C9H4N4O4. The van der Waals surface area contributed by atoms with Gasteiger partial charge in [-0.05, 0) is 11.9 Å². The van der Waals surface area contributed by atoms with Crippen molar-refractivity contribution in [3.63, 3.8) is 0 Å².